The standard InChI is InChI=1S/C14H8BrFN2O5/c15-8-5-9(16)11(6-10(8)18(21)22)17-13(19)7-3-1-2-4-12(7)23-14(17)20/h1-2,4-7H,3H2. The number of allylic oxidation sites excluding steroid dienone is 3. The molecular formula is C14H8BrFN2O5. The van der Waals surface area contributed by atoms with E-state index in [4.69, 9.17) is 4.74 Å². The number of hydrogen-bond acceptors (Lipinski definition) is 5. The van der Waals surface area contributed by atoms with Crippen LogP contribution in [-0.4, -0.2) is 16.9 Å². The Labute approximate surface area is 137 Å². The number of imide groups is 1. The van der Waals surface area contributed by atoms with Gasteiger partial charge >= 0.3 is 6.09 Å². The molecule has 1 aliphatic heterocycles. The number of benzene rings is 1. The molecule has 0 saturated carbocycles. The van der Waals surface area contributed by atoms with Gasteiger partial charge in [-0.25, -0.2) is 14.1 Å². The molecule has 3 rings (SSSR count). The summed E-state index contributed by atoms with van der Waals surface area (Å²) in [5.41, 5.74) is -0.976. The normalized spacial score (nSPS) is 20.0. The molecule has 0 radical (unpaired) electrons. The van der Waals surface area contributed by atoms with Gasteiger partial charge in [-0.3, -0.25) is 14.9 Å². The molecule has 2 amide bonds. The molecule has 0 spiro atoms. The number of ether oxygens (including phenoxy) is 1. The zero-order valence-electron chi connectivity index (χ0n) is 11.4. The summed E-state index contributed by atoms with van der Waals surface area (Å²) >= 11 is 2.87. The van der Waals surface area contributed by atoms with Crippen molar-refractivity contribution >= 4 is 39.3 Å². The predicted molar refractivity (Wildman–Crippen MR) is 80.1 cm³/mol. The smallest absolute Gasteiger partial charge is 0.413 e. The second-order valence-electron chi connectivity index (χ2n) is 4.84. The molecule has 118 valence electrons. The molecule has 1 saturated heterocycles. The minimum atomic E-state index is -1.09. The van der Waals surface area contributed by atoms with Crippen molar-refractivity contribution in [1.82, 2.24) is 0 Å². The Morgan fingerprint density at radius 2 is 2.13 bits per heavy atom. The van der Waals surface area contributed by atoms with Crippen LogP contribution in [-0.2, 0) is 9.53 Å². The van der Waals surface area contributed by atoms with Crippen LogP contribution in [0.15, 0.2) is 40.6 Å². The Morgan fingerprint density at radius 1 is 1.39 bits per heavy atom. The van der Waals surface area contributed by atoms with Crippen LogP contribution in [0.5, 0.6) is 0 Å². The summed E-state index contributed by atoms with van der Waals surface area (Å²) in [4.78, 5) is 35.3. The molecule has 0 aromatic heterocycles. The van der Waals surface area contributed by atoms with Crippen LogP contribution >= 0.6 is 15.9 Å². The van der Waals surface area contributed by atoms with Crippen molar-refractivity contribution in [3.05, 3.63) is 56.5 Å². The summed E-state index contributed by atoms with van der Waals surface area (Å²) in [5, 5.41) is 11.0. The van der Waals surface area contributed by atoms with Crippen LogP contribution < -0.4 is 4.90 Å². The molecule has 1 fully saturated rings. The fourth-order valence-corrected chi connectivity index (χ4v) is 2.84. The molecule has 1 aromatic rings. The second-order valence-corrected chi connectivity index (χ2v) is 5.69. The number of carbonyl (C=O) groups excluding carboxylic acids is 2. The molecule has 1 aromatic carbocycles. The first-order chi connectivity index (χ1) is 10.9. The highest BCUT2D eigenvalue weighted by atomic mass is 79.9. The van der Waals surface area contributed by atoms with E-state index in [1.165, 1.54) is 6.08 Å². The first-order valence-electron chi connectivity index (χ1n) is 6.46. The van der Waals surface area contributed by atoms with Gasteiger partial charge in [0.15, 0.2) is 0 Å². The van der Waals surface area contributed by atoms with E-state index < -0.39 is 40.0 Å². The Balaban J connectivity index is 2.08. The number of carbonyl (C=O) groups is 2. The van der Waals surface area contributed by atoms with Gasteiger partial charge in [-0.05, 0) is 34.5 Å². The lowest BCUT2D eigenvalue weighted by Crippen LogP contribution is -2.47. The Kier molecular flexibility index (Phi) is 3.72. The summed E-state index contributed by atoms with van der Waals surface area (Å²) in [6.45, 7) is 0. The average molecular weight is 383 g/mol. The summed E-state index contributed by atoms with van der Waals surface area (Å²) in [6, 6.07) is 1.66. The number of hydrogen-bond donors (Lipinski definition) is 0. The van der Waals surface area contributed by atoms with E-state index in [2.05, 4.69) is 15.9 Å². The first-order valence-corrected chi connectivity index (χ1v) is 7.25. The molecule has 1 aliphatic carbocycles. The maximum absolute atomic E-state index is 14.2. The van der Waals surface area contributed by atoms with Crippen LogP contribution in [0.2, 0.25) is 0 Å². The lowest BCUT2D eigenvalue weighted by molar-refractivity contribution is -0.385. The lowest BCUT2D eigenvalue weighted by atomic mass is 9.95. The molecule has 9 heteroatoms. The highest BCUT2D eigenvalue weighted by Crippen LogP contribution is 2.37. The van der Waals surface area contributed by atoms with Gasteiger partial charge in [0, 0.05) is 6.07 Å². The lowest BCUT2D eigenvalue weighted by Gasteiger charge is -2.32. The molecule has 1 atom stereocenters. The second kappa shape index (κ2) is 5.58. The van der Waals surface area contributed by atoms with Gasteiger partial charge in [-0.2, -0.15) is 0 Å². The topological polar surface area (TPSA) is 89.8 Å². The van der Waals surface area contributed by atoms with Gasteiger partial charge in [0.05, 0.1) is 15.1 Å². The van der Waals surface area contributed by atoms with Crippen LogP contribution in [0.3, 0.4) is 0 Å². The highest BCUT2D eigenvalue weighted by Gasteiger charge is 2.42. The van der Waals surface area contributed by atoms with Crippen LogP contribution in [0.1, 0.15) is 6.42 Å². The van der Waals surface area contributed by atoms with E-state index in [1.807, 2.05) is 0 Å². The minimum absolute atomic E-state index is 0.0947. The number of rotatable bonds is 2. The number of nitrogens with zero attached hydrogens (tertiary/aromatic N) is 2. The molecule has 0 bridgehead atoms. The maximum Gasteiger partial charge on any atom is 0.426 e. The molecule has 23 heavy (non-hydrogen) atoms. The SMILES string of the molecule is O=C1OC2=CC=CCC2C(=O)N1c1cc([N+](=O)[O-])c(Br)cc1F. The van der Waals surface area contributed by atoms with E-state index >= 15 is 0 Å². The number of nitro benzene ring substituents is 1. The van der Waals surface area contributed by atoms with Gasteiger partial charge in [-0.1, -0.05) is 12.2 Å². The quantitative estimate of drug-likeness (QED) is 0.577. The van der Waals surface area contributed by atoms with E-state index in [0.717, 1.165) is 12.1 Å². The molecule has 1 heterocycles. The van der Waals surface area contributed by atoms with Gasteiger partial charge in [-0.15, -0.1) is 0 Å². The van der Waals surface area contributed by atoms with E-state index in [0.29, 0.717) is 11.3 Å². The Morgan fingerprint density at radius 3 is 2.83 bits per heavy atom. The highest BCUT2D eigenvalue weighted by molar-refractivity contribution is 9.10. The fourth-order valence-electron chi connectivity index (χ4n) is 2.38. The molecule has 1 unspecified atom stereocenters. The summed E-state index contributed by atoms with van der Waals surface area (Å²) < 4.78 is 19.1. The maximum atomic E-state index is 14.2. The van der Waals surface area contributed by atoms with Gasteiger partial charge in [0.25, 0.3) is 5.69 Å². The molecule has 0 N–H and O–H groups in total. The van der Waals surface area contributed by atoms with Crippen molar-refractivity contribution in [2.24, 2.45) is 5.92 Å². The third-order valence-corrected chi connectivity index (χ3v) is 4.11. The average Bonchev–Trinajstić information content (AvgIpc) is 2.49. The number of fused-ring (bicyclic) bond motifs is 1. The monoisotopic (exact) mass is 382 g/mol. The van der Waals surface area contributed by atoms with Crippen molar-refractivity contribution in [3.63, 3.8) is 0 Å². The zero-order chi connectivity index (χ0) is 16.7. The van der Waals surface area contributed by atoms with Crippen LogP contribution in [0.4, 0.5) is 20.6 Å². The molecule has 2 aliphatic rings. The van der Waals surface area contributed by atoms with Gasteiger partial charge < -0.3 is 4.74 Å². The third-order valence-electron chi connectivity index (χ3n) is 3.47. The number of nitro groups is 1. The summed E-state index contributed by atoms with van der Waals surface area (Å²) in [6.07, 6.45) is 4.05. The van der Waals surface area contributed by atoms with Crippen LogP contribution in [0.25, 0.3) is 0 Å². The zero-order valence-corrected chi connectivity index (χ0v) is 12.9. The molecular weight excluding hydrogens is 375 g/mol. The van der Waals surface area contributed by atoms with E-state index in [1.54, 1.807) is 12.2 Å². The van der Waals surface area contributed by atoms with Gasteiger partial charge in [0.1, 0.15) is 17.5 Å². The number of anilines is 1. The predicted octanol–water partition coefficient (Wildman–Crippen LogP) is 3.44. The Bertz CT molecular complexity index is 805. The first kappa shape index (κ1) is 15.3. The van der Waals surface area contributed by atoms with Crippen molar-refractivity contribution < 1.29 is 23.6 Å². The molecule has 7 nitrogen and oxygen atoms in total. The Hall–Kier alpha value is -2.55. The van der Waals surface area contributed by atoms with Crippen LogP contribution in [0, 0.1) is 21.8 Å². The van der Waals surface area contributed by atoms with Crippen molar-refractivity contribution in [1.29, 1.82) is 0 Å². The van der Waals surface area contributed by atoms with E-state index in [-0.39, 0.29) is 10.2 Å². The van der Waals surface area contributed by atoms with E-state index in [9.17, 15) is 24.1 Å². The van der Waals surface area contributed by atoms with Crippen molar-refractivity contribution in [2.45, 2.75) is 6.42 Å². The fraction of sp³-hybridized carbons (Fsp3) is 0.143. The van der Waals surface area contributed by atoms with Crippen molar-refractivity contribution in [3.8, 4) is 0 Å². The summed E-state index contributed by atoms with van der Waals surface area (Å²) in [7, 11) is 0. The van der Waals surface area contributed by atoms with Gasteiger partial charge in [0.2, 0.25) is 5.91 Å². The summed E-state index contributed by atoms with van der Waals surface area (Å²) in [5.74, 6) is -2.20. The third kappa shape index (κ3) is 2.52. The number of amides is 2. The largest absolute Gasteiger partial charge is 0.426 e. The minimum Gasteiger partial charge on any atom is -0.413 e. The number of halogens is 2. The van der Waals surface area contributed by atoms with Crippen molar-refractivity contribution in [2.75, 3.05) is 4.90 Å².